The fraction of sp³-hybridized carbons (Fsp3) is 0.300. The highest BCUT2D eigenvalue weighted by atomic mass is 16.5. The van der Waals surface area contributed by atoms with E-state index in [-0.39, 0.29) is 23.1 Å². The number of nitriles is 1. The minimum Gasteiger partial charge on any atom is -0.487 e. The van der Waals surface area contributed by atoms with Crippen molar-refractivity contribution >= 4 is 5.97 Å². The topological polar surface area (TPSA) is 83.2 Å². The van der Waals surface area contributed by atoms with Gasteiger partial charge >= 0.3 is 5.97 Å². The number of carbonyl (C=O) groups is 1. The molecule has 1 aliphatic carbocycles. The summed E-state index contributed by atoms with van der Waals surface area (Å²) >= 11 is 0. The van der Waals surface area contributed by atoms with E-state index in [9.17, 15) is 4.79 Å². The maximum absolute atomic E-state index is 10.7. The number of nitrogens with zero attached hydrogens (tertiary/aromatic N) is 2. The van der Waals surface area contributed by atoms with Crippen molar-refractivity contribution in [2.45, 2.75) is 18.9 Å². The zero-order chi connectivity index (χ0) is 10.8. The SMILES string of the molecule is N#Cc1ncc(C(=O)O)cc1OC1CC1. The van der Waals surface area contributed by atoms with Crippen molar-refractivity contribution in [3.8, 4) is 11.8 Å². The quantitative estimate of drug-likeness (QED) is 0.799. The molecule has 0 radical (unpaired) electrons. The van der Waals surface area contributed by atoms with Gasteiger partial charge in [-0.15, -0.1) is 0 Å². The van der Waals surface area contributed by atoms with E-state index in [1.54, 1.807) is 0 Å². The number of aromatic nitrogens is 1. The minimum atomic E-state index is -1.08. The van der Waals surface area contributed by atoms with Crippen LogP contribution < -0.4 is 4.74 Å². The predicted octanol–water partition coefficient (Wildman–Crippen LogP) is 1.19. The lowest BCUT2D eigenvalue weighted by molar-refractivity contribution is 0.0695. The van der Waals surface area contributed by atoms with E-state index >= 15 is 0 Å². The molecular formula is C10H8N2O3. The zero-order valence-electron chi connectivity index (χ0n) is 7.80. The monoisotopic (exact) mass is 204 g/mol. The molecule has 15 heavy (non-hydrogen) atoms. The second-order valence-corrected chi connectivity index (χ2v) is 3.30. The van der Waals surface area contributed by atoms with Gasteiger partial charge in [0.25, 0.3) is 0 Å². The Labute approximate surface area is 85.9 Å². The summed E-state index contributed by atoms with van der Waals surface area (Å²) in [6.07, 6.45) is 3.16. The lowest BCUT2D eigenvalue weighted by Gasteiger charge is -2.05. The van der Waals surface area contributed by atoms with Crippen LogP contribution in [0.2, 0.25) is 0 Å². The van der Waals surface area contributed by atoms with Gasteiger partial charge in [0.1, 0.15) is 6.07 Å². The fourth-order valence-corrected chi connectivity index (χ4v) is 1.10. The molecule has 0 saturated heterocycles. The largest absolute Gasteiger partial charge is 0.487 e. The number of hydrogen-bond donors (Lipinski definition) is 1. The van der Waals surface area contributed by atoms with Gasteiger partial charge in [-0.3, -0.25) is 0 Å². The molecule has 0 amide bonds. The highest BCUT2D eigenvalue weighted by molar-refractivity contribution is 5.87. The van der Waals surface area contributed by atoms with Crippen LogP contribution in [0.25, 0.3) is 0 Å². The van der Waals surface area contributed by atoms with Gasteiger partial charge in [0.2, 0.25) is 0 Å². The fourth-order valence-electron chi connectivity index (χ4n) is 1.10. The van der Waals surface area contributed by atoms with Crippen LogP contribution in [0.5, 0.6) is 5.75 Å². The molecule has 0 unspecified atom stereocenters. The molecular weight excluding hydrogens is 196 g/mol. The summed E-state index contributed by atoms with van der Waals surface area (Å²) in [4.78, 5) is 14.4. The van der Waals surface area contributed by atoms with Crippen molar-refractivity contribution in [1.82, 2.24) is 4.98 Å². The molecule has 0 aliphatic heterocycles. The smallest absolute Gasteiger partial charge is 0.337 e. The van der Waals surface area contributed by atoms with Crippen molar-refractivity contribution < 1.29 is 14.6 Å². The van der Waals surface area contributed by atoms with Crippen LogP contribution in [0.15, 0.2) is 12.3 Å². The maximum Gasteiger partial charge on any atom is 0.337 e. The molecule has 1 aliphatic rings. The Hall–Kier alpha value is -2.09. The van der Waals surface area contributed by atoms with Gasteiger partial charge in [0, 0.05) is 6.20 Å². The van der Waals surface area contributed by atoms with E-state index in [0.717, 1.165) is 19.0 Å². The Morgan fingerprint density at radius 1 is 1.67 bits per heavy atom. The Morgan fingerprint density at radius 3 is 2.93 bits per heavy atom. The normalized spacial score (nSPS) is 14.3. The zero-order valence-corrected chi connectivity index (χ0v) is 7.80. The average Bonchev–Trinajstić information content (AvgIpc) is 3.01. The second-order valence-electron chi connectivity index (χ2n) is 3.30. The maximum atomic E-state index is 10.7. The van der Waals surface area contributed by atoms with Gasteiger partial charge in [-0.25, -0.2) is 9.78 Å². The number of ether oxygens (including phenoxy) is 1. The number of carboxylic acids is 1. The van der Waals surface area contributed by atoms with E-state index < -0.39 is 5.97 Å². The van der Waals surface area contributed by atoms with Crippen molar-refractivity contribution in [1.29, 1.82) is 5.26 Å². The summed E-state index contributed by atoms with van der Waals surface area (Å²) in [6, 6.07) is 3.21. The van der Waals surface area contributed by atoms with Crippen LogP contribution in [0.3, 0.4) is 0 Å². The third-order valence-corrected chi connectivity index (χ3v) is 2.02. The molecule has 76 valence electrons. The lowest BCUT2D eigenvalue weighted by Crippen LogP contribution is -2.04. The van der Waals surface area contributed by atoms with Crippen molar-refractivity contribution in [2.24, 2.45) is 0 Å². The van der Waals surface area contributed by atoms with E-state index in [1.165, 1.54) is 6.07 Å². The van der Waals surface area contributed by atoms with Crippen LogP contribution in [0.4, 0.5) is 0 Å². The molecule has 0 atom stereocenters. The number of hydrogen-bond acceptors (Lipinski definition) is 4. The van der Waals surface area contributed by atoms with Crippen molar-refractivity contribution in [2.75, 3.05) is 0 Å². The Morgan fingerprint density at radius 2 is 2.40 bits per heavy atom. The Bertz CT molecular complexity index is 446. The lowest BCUT2D eigenvalue weighted by atomic mass is 10.2. The van der Waals surface area contributed by atoms with Gasteiger partial charge in [0.15, 0.2) is 11.4 Å². The molecule has 0 aromatic carbocycles. The van der Waals surface area contributed by atoms with E-state index in [1.807, 2.05) is 6.07 Å². The van der Waals surface area contributed by atoms with Crippen LogP contribution in [-0.4, -0.2) is 22.2 Å². The number of aromatic carboxylic acids is 1. The summed E-state index contributed by atoms with van der Waals surface area (Å²) in [7, 11) is 0. The Balaban J connectivity index is 2.33. The minimum absolute atomic E-state index is 0.0321. The highest BCUT2D eigenvalue weighted by Crippen LogP contribution is 2.28. The van der Waals surface area contributed by atoms with E-state index in [2.05, 4.69) is 4.98 Å². The van der Waals surface area contributed by atoms with Crippen LogP contribution in [0.1, 0.15) is 28.9 Å². The molecule has 0 bridgehead atoms. The van der Waals surface area contributed by atoms with Crippen molar-refractivity contribution in [3.05, 3.63) is 23.5 Å². The summed E-state index contributed by atoms with van der Waals surface area (Å²) in [5.41, 5.74) is 0.163. The first kappa shape index (κ1) is 9.46. The summed E-state index contributed by atoms with van der Waals surface area (Å²) in [6.45, 7) is 0. The molecule has 1 heterocycles. The molecule has 1 fully saturated rings. The van der Waals surface area contributed by atoms with Gasteiger partial charge in [-0.05, 0) is 18.9 Å². The summed E-state index contributed by atoms with van der Waals surface area (Å²) in [5.74, 6) is -0.812. The predicted molar refractivity (Wildman–Crippen MR) is 49.6 cm³/mol. The highest BCUT2D eigenvalue weighted by Gasteiger charge is 2.25. The summed E-state index contributed by atoms with van der Waals surface area (Å²) in [5, 5.41) is 17.5. The van der Waals surface area contributed by atoms with Crippen LogP contribution >= 0.6 is 0 Å². The first-order chi connectivity index (χ1) is 7.20. The molecule has 1 aromatic rings. The number of rotatable bonds is 3. The molecule has 1 saturated carbocycles. The number of carboxylic acid groups (broad SMARTS) is 1. The third-order valence-electron chi connectivity index (χ3n) is 2.02. The van der Waals surface area contributed by atoms with E-state index in [0.29, 0.717) is 0 Å². The van der Waals surface area contributed by atoms with Gasteiger partial charge in [0.05, 0.1) is 11.7 Å². The molecule has 0 spiro atoms. The van der Waals surface area contributed by atoms with Gasteiger partial charge in [-0.1, -0.05) is 0 Å². The summed E-state index contributed by atoms with van der Waals surface area (Å²) < 4.78 is 5.39. The molecule has 1 N–H and O–H groups in total. The number of pyridine rings is 1. The van der Waals surface area contributed by atoms with Crippen molar-refractivity contribution in [3.63, 3.8) is 0 Å². The van der Waals surface area contributed by atoms with Gasteiger partial charge in [-0.2, -0.15) is 5.26 Å². The molecule has 2 rings (SSSR count). The second kappa shape index (κ2) is 3.58. The molecule has 5 nitrogen and oxygen atoms in total. The van der Waals surface area contributed by atoms with Gasteiger partial charge < -0.3 is 9.84 Å². The Kier molecular flexibility index (Phi) is 2.26. The third kappa shape index (κ3) is 2.05. The molecule has 5 heteroatoms. The van der Waals surface area contributed by atoms with E-state index in [4.69, 9.17) is 15.1 Å². The molecule has 1 aromatic heterocycles. The standard InChI is InChI=1S/C10H8N2O3/c11-4-8-9(15-7-1-2-7)3-6(5-12-8)10(13)14/h3,5,7H,1-2H2,(H,13,14). The average molecular weight is 204 g/mol. The van der Waals surface area contributed by atoms with Crippen LogP contribution in [-0.2, 0) is 0 Å². The van der Waals surface area contributed by atoms with Crippen LogP contribution in [0, 0.1) is 11.3 Å². The first-order valence-electron chi connectivity index (χ1n) is 4.51. The first-order valence-corrected chi connectivity index (χ1v) is 4.51.